The fourth-order valence-electron chi connectivity index (χ4n) is 3.66. The topological polar surface area (TPSA) is 68.2 Å². The molecule has 142 valence electrons. The molecular formula is C22H24O5. The van der Waals surface area contributed by atoms with Crippen LogP contribution in [0.1, 0.15) is 43.9 Å². The van der Waals surface area contributed by atoms with E-state index in [1.807, 2.05) is 18.2 Å². The Morgan fingerprint density at radius 2 is 1.96 bits per heavy atom. The largest absolute Gasteiger partial charge is 0.504 e. The molecule has 0 saturated heterocycles. The van der Waals surface area contributed by atoms with Crippen LogP contribution in [0.3, 0.4) is 0 Å². The van der Waals surface area contributed by atoms with E-state index >= 15 is 0 Å². The van der Waals surface area contributed by atoms with Crippen molar-refractivity contribution in [3.05, 3.63) is 41.0 Å². The van der Waals surface area contributed by atoms with Crippen LogP contribution in [0.15, 0.2) is 24.3 Å². The maximum atomic E-state index is 10.5. The van der Waals surface area contributed by atoms with Crippen molar-refractivity contribution in [3.8, 4) is 28.7 Å². The predicted molar refractivity (Wildman–Crippen MR) is 104 cm³/mol. The number of hydrogen-bond donors (Lipinski definition) is 2. The highest BCUT2D eigenvalue weighted by atomic mass is 16.5. The number of phenols is 2. The molecule has 0 aliphatic carbocycles. The van der Waals surface area contributed by atoms with Gasteiger partial charge in [-0.05, 0) is 64.0 Å². The van der Waals surface area contributed by atoms with Gasteiger partial charge in [-0.25, -0.2) is 0 Å². The fourth-order valence-corrected chi connectivity index (χ4v) is 3.66. The molecule has 0 spiro atoms. The third-order valence-corrected chi connectivity index (χ3v) is 5.06. The van der Waals surface area contributed by atoms with Crippen molar-refractivity contribution in [1.82, 2.24) is 0 Å². The maximum absolute atomic E-state index is 10.5. The summed E-state index contributed by atoms with van der Waals surface area (Å²) in [4.78, 5) is 0. The Morgan fingerprint density at radius 1 is 1.15 bits per heavy atom. The van der Waals surface area contributed by atoms with Gasteiger partial charge in [-0.1, -0.05) is 0 Å². The lowest BCUT2D eigenvalue weighted by Crippen LogP contribution is -2.33. The van der Waals surface area contributed by atoms with Crippen molar-refractivity contribution in [3.63, 3.8) is 0 Å². The van der Waals surface area contributed by atoms with E-state index in [0.717, 1.165) is 41.0 Å². The molecule has 2 heterocycles. The Labute approximate surface area is 158 Å². The molecule has 2 aromatic rings. The summed E-state index contributed by atoms with van der Waals surface area (Å²) in [5.41, 5.74) is 3.33. The summed E-state index contributed by atoms with van der Waals surface area (Å²) in [6.45, 7) is 6.68. The molecule has 5 nitrogen and oxygen atoms in total. The van der Waals surface area contributed by atoms with Gasteiger partial charge in [0.05, 0.1) is 6.61 Å². The summed E-state index contributed by atoms with van der Waals surface area (Å²) < 4.78 is 17.5. The molecule has 0 bridgehead atoms. The van der Waals surface area contributed by atoms with Crippen LogP contribution < -0.4 is 14.2 Å². The van der Waals surface area contributed by atoms with E-state index < -0.39 is 0 Å². The first kappa shape index (κ1) is 17.6. The first-order chi connectivity index (χ1) is 12.9. The first-order valence-electron chi connectivity index (χ1n) is 9.26. The lowest BCUT2D eigenvalue weighted by Gasteiger charge is -2.34. The lowest BCUT2D eigenvalue weighted by molar-refractivity contribution is 0.0834. The van der Waals surface area contributed by atoms with Gasteiger partial charge >= 0.3 is 0 Å². The minimum atomic E-state index is -0.162. The summed E-state index contributed by atoms with van der Waals surface area (Å²) in [5, 5.41) is 20.5. The van der Waals surface area contributed by atoms with Gasteiger partial charge in [0.15, 0.2) is 11.5 Å². The van der Waals surface area contributed by atoms with Gasteiger partial charge in [-0.3, -0.25) is 0 Å². The van der Waals surface area contributed by atoms with Crippen molar-refractivity contribution in [2.45, 2.75) is 39.2 Å². The smallest absolute Gasteiger partial charge is 0.203 e. The van der Waals surface area contributed by atoms with Crippen LogP contribution in [-0.4, -0.2) is 29.0 Å². The molecule has 2 aromatic carbocycles. The van der Waals surface area contributed by atoms with Gasteiger partial charge in [-0.15, -0.1) is 0 Å². The maximum Gasteiger partial charge on any atom is 0.203 e. The number of benzene rings is 2. The van der Waals surface area contributed by atoms with Crippen molar-refractivity contribution in [2.24, 2.45) is 0 Å². The second-order valence-electron chi connectivity index (χ2n) is 7.52. The molecule has 2 aliphatic rings. The molecule has 27 heavy (non-hydrogen) atoms. The number of aromatic hydroxyl groups is 2. The standard InChI is InChI=1S/C22H24O5/c1-4-25-21-17(23)7-6-15(19(21)24)14-11-13-5-8-18-16(20(13)26-12-14)9-10-22(2,3)27-18/h5-8,11,23-24H,4,9-10,12H2,1-3H3. The third-order valence-electron chi connectivity index (χ3n) is 5.06. The number of phenolic OH excluding ortho intramolecular Hbond substituents is 2. The Balaban J connectivity index is 1.74. The molecule has 5 heteroatoms. The quantitative estimate of drug-likeness (QED) is 0.833. The molecule has 0 radical (unpaired) electrons. The van der Waals surface area contributed by atoms with Crippen molar-refractivity contribution < 1.29 is 24.4 Å². The Bertz CT molecular complexity index is 927. The molecule has 0 amide bonds. The Kier molecular flexibility index (Phi) is 4.17. The van der Waals surface area contributed by atoms with Gasteiger partial charge in [0, 0.05) is 22.3 Å². The molecular weight excluding hydrogens is 344 g/mol. The zero-order chi connectivity index (χ0) is 19.2. The van der Waals surface area contributed by atoms with Crippen LogP contribution in [0.2, 0.25) is 0 Å². The Morgan fingerprint density at radius 3 is 2.74 bits per heavy atom. The Hall–Kier alpha value is -2.82. The number of fused-ring (bicyclic) bond motifs is 3. The van der Waals surface area contributed by atoms with E-state index in [9.17, 15) is 10.2 Å². The SMILES string of the molecule is CCOc1c(O)ccc(C2=Cc3ccc4c(c3OC2)CCC(C)(C)O4)c1O. The minimum Gasteiger partial charge on any atom is -0.504 e. The van der Waals surface area contributed by atoms with Crippen LogP contribution in [-0.2, 0) is 6.42 Å². The zero-order valence-electron chi connectivity index (χ0n) is 15.8. The van der Waals surface area contributed by atoms with E-state index in [-0.39, 0.29) is 22.8 Å². The van der Waals surface area contributed by atoms with Gasteiger partial charge in [-0.2, -0.15) is 0 Å². The molecule has 0 aromatic heterocycles. The molecule has 0 atom stereocenters. The van der Waals surface area contributed by atoms with E-state index in [1.165, 1.54) is 6.07 Å². The second kappa shape index (κ2) is 6.41. The van der Waals surface area contributed by atoms with Gasteiger partial charge in [0.1, 0.15) is 23.7 Å². The summed E-state index contributed by atoms with van der Waals surface area (Å²) >= 11 is 0. The summed E-state index contributed by atoms with van der Waals surface area (Å²) in [6.07, 6.45) is 3.86. The molecule has 2 N–H and O–H groups in total. The number of ether oxygens (including phenoxy) is 3. The van der Waals surface area contributed by atoms with Crippen molar-refractivity contribution in [1.29, 1.82) is 0 Å². The van der Waals surface area contributed by atoms with Crippen LogP contribution >= 0.6 is 0 Å². The van der Waals surface area contributed by atoms with Crippen LogP contribution in [0, 0.1) is 0 Å². The molecule has 0 fully saturated rings. The van der Waals surface area contributed by atoms with E-state index in [4.69, 9.17) is 14.2 Å². The fraction of sp³-hybridized carbons (Fsp3) is 0.364. The van der Waals surface area contributed by atoms with Gasteiger partial charge in [0.2, 0.25) is 5.75 Å². The monoisotopic (exact) mass is 368 g/mol. The normalized spacial score (nSPS) is 17.1. The van der Waals surface area contributed by atoms with E-state index in [1.54, 1.807) is 13.0 Å². The van der Waals surface area contributed by atoms with Crippen molar-refractivity contribution in [2.75, 3.05) is 13.2 Å². The highest BCUT2D eigenvalue weighted by Crippen LogP contribution is 2.46. The van der Waals surface area contributed by atoms with Crippen LogP contribution in [0.4, 0.5) is 0 Å². The van der Waals surface area contributed by atoms with Gasteiger partial charge in [0.25, 0.3) is 0 Å². The molecule has 2 aliphatic heterocycles. The highest BCUT2D eigenvalue weighted by Gasteiger charge is 2.30. The lowest BCUT2D eigenvalue weighted by atomic mass is 9.91. The molecule has 4 rings (SSSR count). The van der Waals surface area contributed by atoms with Crippen molar-refractivity contribution >= 4 is 11.6 Å². The summed E-state index contributed by atoms with van der Waals surface area (Å²) in [7, 11) is 0. The van der Waals surface area contributed by atoms with Crippen LogP contribution in [0.25, 0.3) is 11.6 Å². The number of hydrogen-bond acceptors (Lipinski definition) is 5. The van der Waals surface area contributed by atoms with E-state index in [0.29, 0.717) is 18.8 Å². The van der Waals surface area contributed by atoms with Crippen LogP contribution in [0.5, 0.6) is 28.7 Å². The summed E-state index contributed by atoms with van der Waals surface area (Å²) in [6, 6.07) is 7.17. The third kappa shape index (κ3) is 3.07. The predicted octanol–water partition coefficient (Wildman–Crippen LogP) is 4.53. The van der Waals surface area contributed by atoms with Gasteiger partial charge < -0.3 is 24.4 Å². The average molecular weight is 368 g/mol. The minimum absolute atomic E-state index is 0.0711. The second-order valence-corrected chi connectivity index (χ2v) is 7.52. The highest BCUT2D eigenvalue weighted by molar-refractivity contribution is 5.89. The summed E-state index contributed by atoms with van der Waals surface area (Å²) in [5.74, 6) is 1.69. The number of rotatable bonds is 3. The average Bonchev–Trinajstić information content (AvgIpc) is 2.63. The zero-order valence-corrected chi connectivity index (χ0v) is 15.8. The molecule has 0 unspecified atom stereocenters. The van der Waals surface area contributed by atoms with E-state index in [2.05, 4.69) is 13.8 Å². The molecule has 0 saturated carbocycles. The first-order valence-corrected chi connectivity index (χ1v) is 9.26.